The molecule has 0 aromatic heterocycles. The first-order valence-corrected chi connectivity index (χ1v) is 6.66. The number of aliphatic hydroxyl groups excluding tert-OH is 1. The average Bonchev–Trinajstić information content (AvgIpc) is 2.35. The molecular weight excluding hydrogens is 266 g/mol. The van der Waals surface area contributed by atoms with E-state index in [1.165, 1.54) is 0 Å². The van der Waals surface area contributed by atoms with Crippen molar-refractivity contribution in [1.82, 2.24) is 5.32 Å². The third kappa shape index (κ3) is 6.57. The van der Waals surface area contributed by atoms with Gasteiger partial charge in [0.1, 0.15) is 0 Å². The van der Waals surface area contributed by atoms with Crippen LogP contribution in [0.2, 0.25) is 5.02 Å². The average molecular weight is 286 g/mol. The molecule has 5 heteroatoms. The van der Waals surface area contributed by atoms with Gasteiger partial charge in [-0.25, -0.2) is 0 Å². The maximum absolute atomic E-state index is 11.8. The number of ether oxygens (including phenoxy) is 1. The van der Waals surface area contributed by atoms with E-state index in [4.69, 9.17) is 16.3 Å². The molecule has 0 saturated carbocycles. The molecule has 2 N–H and O–H groups in total. The number of halogens is 1. The molecule has 1 atom stereocenters. The molecule has 106 valence electrons. The van der Waals surface area contributed by atoms with Gasteiger partial charge < -0.3 is 15.2 Å². The molecule has 1 aromatic carbocycles. The second kappa shape index (κ2) is 8.15. The highest BCUT2D eigenvalue weighted by Gasteiger charge is 2.09. The van der Waals surface area contributed by atoms with Crippen molar-refractivity contribution in [2.24, 2.45) is 5.92 Å². The van der Waals surface area contributed by atoms with Crippen molar-refractivity contribution in [3.05, 3.63) is 34.9 Å². The number of nitrogens with one attached hydrogen (secondary N) is 1. The molecule has 0 spiro atoms. The third-order valence-electron chi connectivity index (χ3n) is 2.35. The van der Waals surface area contributed by atoms with Crippen molar-refractivity contribution >= 4 is 17.5 Å². The molecule has 1 rings (SSSR count). The molecule has 0 aliphatic carbocycles. The minimum absolute atomic E-state index is 0.156. The second-order valence-electron chi connectivity index (χ2n) is 4.81. The Morgan fingerprint density at radius 1 is 1.42 bits per heavy atom. The van der Waals surface area contributed by atoms with Crippen LogP contribution < -0.4 is 5.32 Å². The molecule has 0 radical (unpaired) electrons. The summed E-state index contributed by atoms with van der Waals surface area (Å²) in [6.07, 6.45) is -0.707. The van der Waals surface area contributed by atoms with Gasteiger partial charge in [0.25, 0.3) is 5.91 Å². The van der Waals surface area contributed by atoms with Crippen molar-refractivity contribution in [3.8, 4) is 0 Å². The van der Waals surface area contributed by atoms with Gasteiger partial charge in [0, 0.05) is 23.7 Å². The van der Waals surface area contributed by atoms with Gasteiger partial charge in [0.05, 0.1) is 12.7 Å². The molecule has 1 amide bonds. The molecule has 0 saturated heterocycles. The summed E-state index contributed by atoms with van der Waals surface area (Å²) >= 11 is 5.80. The number of hydrogen-bond donors (Lipinski definition) is 2. The zero-order chi connectivity index (χ0) is 14.3. The van der Waals surface area contributed by atoms with Gasteiger partial charge in [-0.1, -0.05) is 31.5 Å². The Bertz CT molecular complexity index is 409. The SMILES string of the molecule is CC(C)COCC(O)CNC(=O)c1cccc(Cl)c1. The lowest BCUT2D eigenvalue weighted by Gasteiger charge is -2.13. The first-order chi connectivity index (χ1) is 8.99. The fourth-order valence-electron chi connectivity index (χ4n) is 1.44. The first kappa shape index (κ1) is 16.0. The standard InChI is InChI=1S/C14H20ClNO3/c1-10(2)8-19-9-13(17)7-16-14(18)11-4-3-5-12(15)6-11/h3-6,10,13,17H,7-9H2,1-2H3,(H,16,18). The number of aliphatic hydroxyl groups is 1. The Hall–Kier alpha value is -1.10. The van der Waals surface area contributed by atoms with E-state index in [1.54, 1.807) is 24.3 Å². The molecule has 0 aliphatic heterocycles. The van der Waals surface area contributed by atoms with Crippen LogP contribution in [-0.2, 0) is 4.74 Å². The van der Waals surface area contributed by atoms with E-state index < -0.39 is 6.10 Å². The first-order valence-electron chi connectivity index (χ1n) is 6.28. The molecule has 1 aromatic rings. The lowest BCUT2D eigenvalue weighted by molar-refractivity contribution is 0.0259. The van der Waals surface area contributed by atoms with E-state index >= 15 is 0 Å². The number of rotatable bonds is 7. The third-order valence-corrected chi connectivity index (χ3v) is 2.58. The number of amides is 1. The zero-order valence-electron chi connectivity index (χ0n) is 11.2. The molecule has 0 heterocycles. The molecular formula is C14H20ClNO3. The van der Waals surface area contributed by atoms with E-state index in [0.29, 0.717) is 23.1 Å². The number of carbonyl (C=O) groups is 1. The molecule has 0 aliphatic rings. The van der Waals surface area contributed by atoms with Gasteiger partial charge in [-0.3, -0.25) is 4.79 Å². The number of hydrogen-bond acceptors (Lipinski definition) is 3. The molecule has 19 heavy (non-hydrogen) atoms. The van der Waals surface area contributed by atoms with E-state index in [9.17, 15) is 9.90 Å². The minimum Gasteiger partial charge on any atom is -0.389 e. The summed E-state index contributed by atoms with van der Waals surface area (Å²) in [5, 5.41) is 12.8. The van der Waals surface area contributed by atoms with Gasteiger partial charge in [-0.05, 0) is 24.1 Å². The van der Waals surface area contributed by atoms with Gasteiger partial charge in [-0.2, -0.15) is 0 Å². The monoisotopic (exact) mass is 285 g/mol. The van der Waals surface area contributed by atoms with Crippen LogP contribution in [0.4, 0.5) is 0 Å². The number of carbonyl (C=O) groups excluding carboxylic acids is 1. The quantitative estimate of drug-likeness (QED) is 0.807. The van der Waals surface area contributed by atoms with Gasteiger partial charge >= 0.3 is 0 Å². The smallest absolute Gasteiger partial charge is 0.251 e. The normalized spacial score (nSPS) is 12.5. The summed E-state index contributed by atoms with van der Waals surface area (Å²) in [6, 6.07) is 6.66. The maximum atomic E-state index is 11.8. The summed E-state index contributed by atoms with van der Waals surface area (Å²) in [5.41, 5.74) is 0.475. The van der Waals surface area contributed by atoms with Gasteiger partial charge in [0.15, 0.2) is 0 Å². The summed E-state index contributed by atoms with van der Waals surface area (Å²) in [7, 11) is 0. The van der Waals surface area contributed by atoms with E-state index in [-0.39, 0.29) is 19.1 Å². The highest BCUT2D eigenvalue weighted by molar-refractivity contribution is 6.30. The van der Waals surface area contributed by atoms with E-state index in [2.05, 4.69) is 5.32 Å². The van der Waals surface area contributed by atoms with Crippen molar-refractivity contribution < 1.29 is 14.6 Å². The predicted octanol–water partition coefficient (Wildman–Crippen LogP) is 2.10. The summed E-state index contributed by atoms with van der Waals surface area (Å²) in [6.45, 7) is 5.04. The van der Waals surface area contributed by atoms with Crippen LogP contribution in [-0.4, -0.2) is 36.9 Å². The summed E-state index contributed by atoms with van der Waals surface area (Å²) in [4.78, 5) is 11.8. The van der Waals surface area contributed by atoms with Crippen LogP contribution in [0.25, 0.3) is 0 Å². The van der Waals surface area contributed by atoms with Crippen LogP contribution in [0.5, 0.6) is 0 Å². The Labute approximate surface area is 118 Å². The van der Waals surface area contributed by atoms with E-state index in [0.717, 1.165) is 0 Å². The minimum atomic E-state index is -0.707. The fourth-order valence-corrected chi connectivity index (χ4v) is 1.63. The van der Waals surface area contributed by atoms with Crippen molar-refractivity contribution in [2.45, 2.75) is 20.0 Å². The lowest BCUT2D eigenvalue weighted by atomic mass is 10.2. The number of benzene rings is 1. The largest absolute Gasteiger partial charge is 0.389 e. The fraction of sp³-hybridized carbons (Fsp3) is 0.500. The summed E-state index contributed by atoms with van der Waals surface area (Å²) in [5.74, 6) is 0.165. The Balaban J connectivity index is 2.30. The second-order valence-corrected chi connectivity index (χ2v) is 5.24. The Morgan fingerprint density at radius 3 is 2.79 bits per heavy atom. The van der Waals surface area contributed by atoms with Gasteiger partial charge in [0.2, 0.25) is 0 Å². The molecule has 0 bridgehead atoms. The zero-order valence-corrected chi connectivity index (χ0v) is 12.0. The van der Waals surface area contributed by atoms with Gasteiger partial charge in [-0.15, -0.1) is 0 Å². The summed E-state index contributed by atoms with van der Waals surface area (Å²) < 4.78 is 5.29. The molecule has 4 nitrogen and oxygen atoms in total. The topological polar surface area (TPSA) is 58.6 Å². The molecule has 1 unspecified atom stereocenters. The Morgan fingerprint density at radius 2 is 2.16 bits per heavy atom. The van der Waals surface area contributed by atoms with Crippen molar-refractivity contribution in [2.75, 3.05) is 19.8 Å². The van der Waals surface area contributed by atoms with E-state index in [1.807, 2.05) is 13.8 Å². The van der Waals surface area contributed by atoms with Crippen LogP contribution in [0, 0.1) is 5.92 Å². The van der Waals surface area contributed by atoms with Crippen LogP contribution in [0.1, 0.15) is 24.2 Å². The lowest BCUT2D eigenvalue weighted by Crippen LogP contribution is -2.34. The predicted molar refractivity (Wildman–Crippen MR) is 75.4 cm³/mol. The van der Waals surface area contributed by atoms with Crippen LogP contribution in [0.3, 0.4) is 0 Å². The molecule has 0 fully saturated rings. The van der Waals surface area contributed by atoms with Crippen molar-refractivity contribution in [1.29, 1.82) is 0 Å². The van der Waals surface area contributed by atoms with Crippen LogP contribution in [0.15, 0.2) is 24.3 Å². The highest BCUT2D eigenvalue weighted by atomic mass is 35.5. The highest BCUT2D eigenvalue weighted by Crippen LogP contribution is 2.10. The van der Waals surface area contributed by atoms with Crippen molar-refractivity contribution in [3.63, 3.8) is 0 Å². The van der Waals surface area contributed by atoms with Crippen LogP contribution >= 0.6 is 11.6 Å². The maximum Gasteiger partial charge on any atom is 0.251 e. The Kier molecular flexibility index (Phi) is 6.84.